The first kappa shape index (κ1) is 12.3. The van der Waals surface area contributed by atoms with Crippen LogP contribution in [0.3, 0.4) is 0 Å². The normalized spacial score (nSPS) is 6.78. The molecule has 1 atom stereocenters. The summed E-state index contributed by atoms with van der Waals surface area (Å²) in [6.07, 6.45) is 0. The number of hydrogen-bond acceptors (Lipinski definition) is 0. The van der Waals surface area contributed by atoms with Crippen LogP contribution in [0.4, 0.5) is 0 Å². The maximum absolute atomic E-state index is 2.63. The van der Waals surface area contributed by atoms with Gasteiger partial charge in [-0.2, -0.15) is 0 Å². The van der Waals surface area contributed by atoms with E-state index in [-0.39, 0.29) is 31.9 Å². The summed E-state index contributed by atoms with van der Waals surface area (Å²) in [6.45, 7) is 0. The molecule has 0 N–H and O–H groups in total. The Bertz CT molecular complexity index is 143. The average Bonchev–Trinajstić information content (AvgIpc) is 1.69. The van der Waals surface area contributed by atoms with Gasteiger partial charge in [0.1, 0.15) is 0 Å². The van der Waals surface area contributed by atoms with Gasteiger partial charge in [0.15, 0.2) is 0 Å². The molecule has 1 radical (unpaired) electrons. The van der Waals surface area contributed by atoms with Crippen LogP contribution in [-0.4, -0.2) is 0 Å². The van der Waals surface area contributed by atoms with E-state index >= 15 is 0 Å². The molecule has 53 valence electrons. The molecule has 0 nitrogen and oxygen atoms in total. The summed E-state index contributed by atoms with van der Waals surface area (Å²) in [4.78, 5) is 0. The fraction of sp³-hybridized carbons (Fsp3) is 0. The zero-order chi connectivity index (χ0) is 5.11. The van der Waals surface area contributed by atoms with Crippen molar-refractivity contribution in [1.82, 2.24) is 0 Å². The molecule has 1 aromatic carbocycles. The van der Waals surface area contributed by atoms with Crippen LogP contribution < -0.4 is 5.30 Å². The van der Waals surface area contributed by atoms with E-state index in [1.54, 1.807) is 0 Å². The van der Waals surface area contributed by atoms with Crippen molar-refractivity contribution in [2.24, 2.45) is 0 Å². The second kappa shape index (κ2) is 6.68. The smallest absolute Gasteiger partial charge is 0 e. The van der Waals surface area contributed by atoms with Gasteiger partial charge in [-0.05, 0) is 5.30 Å². The van der Waals surface area contributed by atoms with Crippen molar-refractivity contribution >= 4 is 27.0 Å². The molecule has 0 saturated carbocycles. The number of halogens is 1. The van der Waals surface area contributed by atoms with E-state index in [1.807, 2.05) is 30.3 Å². The maximum Gasteiger partial charge on any atom is 0 e. The van der Waals surface area contributed by atoms with Crippen molar-refractivity contribution in [3.63, 3.8) is 0 Å². The molecule has 1 unspecified atom stereocenters. The van der Waals surface area contributed by atoms with Crippen LogP contribution in [0.1, 0.15) is 0 Å². The van der Waals surface area contributed by atoms with Crippen LogP contribution in [0.25, 0.3) is 0 Å². The minimum atomic E-state index is 0. The number of rotatable bonds is 0. The zero-order valence-electron chi connectivity index (χ0n) is 4.71. The van der Waals surface area contributed by atoms with Crippen molar-refractivity contribution in [3.05, 3.63) is 30.3 Å². The molecule has 0 heterocycles. The molecule has 0 fully saturated rings. The number of benzene rings is 1. The van der Waals surface area contributed by atoms with Crippen molar-refractivity contribution in [1.29, 1.82) is 0 Å². The van der Waals surface area contributed by atoms with Crippen LogP contribution in [-0.2, 0) is 19.5 Å². The third-order valence-corrected chi connectivity index (χ3v) is 1.18. The molecule has 0 aliphatic carbocycles. The summed E-state index contributed by atoms with van der Waals surface area (Å²) in [7, 11) is 2.63. The van der Waals surface area contributed by atoms with E-state index in [4.69, 9.17) is 0 Å². The van der Waals surface area contributed by atoms with Crippen LogP contribution >= 0.6 is 21.6 Å². The summed E-state index contributed by atoms with van der Waals surface area (Å²) in [5.74, 6) is 0. The van der Waals surface area contributed by atoms with Gasteiger partial charge in [0.2, 0.25) is 0 Å². The molecule has 0 aromatic heterocycles. The molecule has 0 spiro atoms. The summed E-state index contributed by atoms with van der Waals surface area (Å²) in [6, 6.07) is 10.1. The van der Waals surface area contributed by atoms with Crippen molar-refractivity contribution in [3.8, 4) is 0 Å². The van der Waals surface area contributed by atoms with E-state index < -0.39 is 0 Å². The van der Waals surface area contributed by atoms with E-state index in [0.717, 1.165) is 0 Å². The average molecular weight is 249 g/mol. The molecule has 0 amide bonds. The Morgan fingerprint density at radius 1 is 1.00 bits per heavy atom. The van der Waals surface area contributed by atoms with Gasteiger partial charge >= 0.3 is 0 Å². The standard InChI is InChI=1S/C6H7P.ClH.Rh/c7-6-4-2-1-3-5-6;;/h1-5H,7H2;1H;. The van der Waals surface area contributed by atoms with Crippen molar-refractivity contribution in [2.75, 3.05) is 0 Å². The molecular weight excluding hydrogens is 241 g/mol. The molecule has 0 aliphatic rings. The largest absolute Gasteiger partial charge is 0.147 e. The van der Waals surface area contributed by atoms with E-state index in [0.29, 0.717) is 0 Å². The first-order valence-electron chi connectivity index (χ1n) is 2.20. The molecule has 3 heteroatoms. The maximum atomic E-state index is 2.63. The summed E-state index contributed by atoms with van der Waals surface area (Å²) >= 11 is 0. The SMILES string of the molecule is Cl.Pc1ccccc1.[Rh]. The van der Waals surface area contributed by atoms with Crippen molar-refractivity contribution < 1.29 is 19.5 Å². The van der Waals surface area contributed by atoms with E-state index in [9.17, 15) is 0 Å². The molecule has 0 saturated heterocycles. The first-order valence-corrected chi connectivity index (χ1v) is 2.78. The minimum absolute atomic E-state index is 0. The van der Waals surface area contributed by atoms with Crippen LogP contribution in [0.2, 0.25) is 0 Å². The van der Waals surface area contributed by atoms with Gasteiger partial charge in [-0.3, -0.25) is 0 Å². The molecule has 9 heavy (non-hydrogen) atoms. The second-order valence-corrected chi connectivity index (χ2v) is 2.08. The van der Waals surface area contributed by atoms with Gasteiger partial charge in [-0.15, -0.1) is 21.6 Å². The molecule has 1 rings (SSSR count). The van der Waals surface area contributed by atoms with Gasteiger partial charge in [0.25, 0.3) is 0 Å². The fourth-order valence-corrected chi connectivity index (χ4v) is 0.675. The summed E-state index contributed by atoms with van der Waals surface area (Å²) in [5.41, 5.74) is 0. The quantitative estimate of drug-likeness (QED) is 0.484. The Kier molecular flexibility index (Phi) is 9.10. The van der Waals surface area contributed by atoms with Crippen LogP contribution in [0.15, 0.2) is 30.3 Å². The van der Waals surface area contributed by atoms with Gasteiger partial charge in [-0.25, -0.2) is 0 Å². The number of hydrogen-bond donors (Lipinski definition) is 0. The molecule has 0 bridgehead atoms. The predicted octanol–water partition coefficient (Wildman–Crippen LogP) is 1.61. The van der Waals surface area contributed by atoms with E-state index in [1.165, 1.54) is 5.30 Å². The van der Waals surface area contributed by atoms with E-state index in [2.05, 4.69) is 9.24 Å². The Morgan fingerprint density at radius 2 is 1.44 bits per heavy atom. The van der Waals surface area contributed by atoms with Gasteiger partial charge < -0.3 is 0 Å². The topological polar surface area (TPSA) is 0 Å². The van der Waals surface area contributed by atoms with Crippen LogP contribution in [0, 0.1) is 0 Å². The third-order valence-electron chi connectivity index (χ3n) is 0.800. The van der Waals surface area contributed by atoms with Gasteiger partial charge in [0.05, 0.1) is 0 Å². The molecule has 1 aromatic rings. The monoisotopic (exact) mass is 249 g/mol. The van der Waals surface area contributed by atoms with Crippen molar-refractivity contribution in [2.45, 2.75) is 0 Å². The molecular formula is C6H8ClPRh. The summed E-state index contributed by atoms with van der Waals surface area (Å²) < 4.78 is 0. The zero-order valence-corrected chi connectivity index (χ0v) is 8.32. The predicted molar refractivity (Wildman–Crippen MR) is 43.0 cm³/mol. The first-order chi connectivity index (χ1) is 3.39. The Labute approximate surface area is 76.8 Å². The fourth-order valence-electron chi connectivity index (χ4n) is 0.453. The summed E-state index contributed by atoms with van der Waals surface area (Å²) in [5, 5.41) is 1.24. The Balaban J connectivity index is 0. The Morgan fingerprint density at radius 3 is 1.67 bits per heavy atom. The van der Waals surface area contributed by atoms with Gasteiger partial charge in [-0.1, -0.05) is 30.3 Å². The molecule has 0 aliphatic heterocycles. The minimum Gasteiger partial charge on any atom is -0.147 e. The van der Waals surface area contributed by atoms with Gasteiger partial charge in [0, 0.05) is 19.5 Å². The Hall–Kier alpha value is 0.563. The second-order valence-electron chi connectivity index (χ2n) is 1.41. The third kappa shape index (κ3) is 5.03. The van der Waals surface area contributed by atoms with Crippen LogP contribution in [0.5, 0.6) is 0 Å².